The van der Waals surface area contributed by atoms with Crippen molar-refractivity contribution in [2.24, 2.45) is 11.8 Å². The number of fused-ring (bicyclic) bond motifs is 1. The number of carbonyl (C=O) groups excluding carboxylic acids is 4. The SMILES string of the molecule is COc1cc([C@H]2OC(=O)[C@@H]3[C@@H]2C(=O)O[C@H]3c2ccc(OC(C)=O)c(OC)c2)ccc1OC(C)=O. The molecule has 0 saturated carbocycles. The van der Waals surface area contributed by atoms with Crippen LogP contribution in [0.2, 0.25) is 0 Å². The number of hydrogen-bond donors (Lipinski definition) is 0. The van der Waals surface area contributed by atoms with Crippen molar-refractivity contribution < 1.29 is 47.6 Å². The van der Waals surface area contributed by atoms with Crippen molar-refractivity contribution in [3.63, 3.8) is 0 Å². The van der Waals surface area contributed by atoms with E-state index in [-0.39, 0.29) is 23.0 Å². The number of rotatable bonds is 6. The second-order valence-corrected chi connectivity index (χ2v) is 7.77. The van der Waals surface area contributed by atoms with E-state index in [9.17, 15) is 19.2 Å². The molecule has 2 heterocycles. The van der Waals surface area contributed by atoms with Crippen LogP contribution in [0.3, 0.4) is 0 Å². The Hall–Kier alpha value is -4.08. The molecule has 0 aliphatic carbocycles. The van der Waals surface area contributed by atoms with Gasteiger partial charge in [0.1, 0.15) is 24.0 Å². The summed E-state index contributed by atoms with van der Waals surface area (Å²) < 4.78 is 32.0. The first-order valence-corrected chi connectivity index (χ1v) is 10.4. The summed E-state index contributed by atoms with van der Waals surface area (Å²) in [6.45, 7) is 2.53. The van der Waals surface area contributed by atoms with Gasteiger partial charge in [-0.05, 0) is 35.4 Å². The minimum atomic E-state index is -0.905. The number of carbonyl (C=O) groups is 4. The van der Waals surface area contributed by atoms with Crippen molar-refractivity contribution in [3.8, 4) is 23.0 Å². The molecule has 2 saturated heterocycles. The number of benzene rings is 2. The van der Waals surface area contributed by atoms with Gasteiger partial charge >= 0.3 is 23.9 Å². The molecule has 0 amide bonds. The third kappa shape index (κ3) is 4.14. The Balaban J connectivity index is 1.64. The lowest BCUT2D eigenvalue weighted by molar-refractivity contribution is -0.155. The van der Waals surface area contributed by atoms with Gasteiger partial charge in [0.2, 0.25) is 0 Å². The second kappa shape index (κ2) is 9.05. The molecule has 2 fully saturated rings. The van der Waals surface area contributed by atoms with Crippen LogP contribution >= 0.6 is 0 Å². The summed E-state index contributed by atoms with van der Waals surface area (Å²) in [6.07, 6.45) is -1.81. The van der Waals surface area contributed by atoms with E-state index in [2.05, 4.69) is 0 Å². The van der Waals surface area contributed by atoms with Crippen LogP contribution < -0.4 is 18.9 Å². The molecule has 0 spiro atoms. The smallest absolute Gasteiger partial charge is 0.314 e. The lowest BCUT2D eigenvalue weighted by atomic mass is 9.84. The molecule has 0 bridgehead atoms. The average Bonchev–Trinajstić information content (AvgIpc) is 3.32. The highest BCUT2D eigenvalue weighted by Crippen LogP contribution is 2.52. The van der Waals surface area contributed by atoms with E-state index < -0.39 is 47.9 Å². The van der Waals surface area contributed by atoms with E-state index in [4.69, 9.17) is 28.4 Å². The fraction of sp³-hybridized carbons (Fsp3) is 0.333. The number of methoxy groups -OCH3 is 2. The molecule has 2 aliphatic rings. The number of cyclic esters (lactones) is 2. The standard InChI is InChI=1S/C24H22O10/c1-11(25)31-15-7-5-13(9-17(15)29-3)21-19-20(24(28)33-21)22(34-23(19)27)14-6-8-16(32-12(2)26)18(10-14)30-4/h5-10,19-22H,1-4H3/t19-,20+,21+,22-. The van der Waals surface area contributed by atoms with Crippen LogP contribution in [0.4, 0.5) is 0 Å². The fourth-order valence-corrected chi connectivity index (χ4v) is 4.22. The van der Waals surface area contributed by atoms with Gasteiger partial charge in [-0.3, -0.25) is 19.2 Å². The van der Waals surface area contributed by atoms with E-state index in [0.29, 0.717) is 11.1 Å². The number of ether oxygens (including phenoxy) is 6. The summed E-state index contributed by atoms with van der Waals surface area (Å²) in [6, 6.07) is 9.31. The molecule has 4 atom stereocenters. The van der Waals surface area contributed by atoms with Gasteiger partial charge in [0.25, 0.3) is 0 Å². The maximum atomic E-state index is 12.8. The van der Waals surface area contributed by atoms with Gasteiger partial charge in [0.05, 0.1) is 14.2 Å². The lowest BCUT2D eigenvalue weighted by Gasteiger charge is -2.17. The molecule has 2 aromatic rings. The lowest BCUT2D eigenvalue weighted by Crippen LogP contribution is -2.19. The topological polar surface area (TPSA) is 124 Å². The summed E-state index contributed by atoms with van der Waals surface area (Å²) in [5, 5.41) is 0. The van der Waals surface area contributed by atoms with Crippen LogP contribution in [0.5, 0.6) is 23.0 Å². The Bertz CT molecular complexity index is 1080. The molecule has 10 heteroatoms. The van der Waals surface area contributed by atoms with Gasteiger partial charge in [-0.1, -0.05) is 12.1 Å². The monoisotopic (exact) mass is 470 g/mol. The maximum Gasteiger partial charge on any atom is 0.314 e. The Morgan fingerprint density at radius 3 is 1.38 bits per heavy atom. The number of esters is 4. The van der Waals surface area contributed by atoms with Crippen molar-refractivity contribution in [3.05, 3.63) is 47.5 Å². The van der Waals surface area contributed by atoms with Gasteiger partial charge in [-0.2, -0.15) is 0 Å². The van der Waals surface area contributed by atoms with Crippen molar-refractivity contribution in [1.29, 1.82) is 0 Å². The van der Waals surface area contributed by atoms with Gasteiger partial charge in [-0.15, -0.1) is 0 Å². The van der Waals surface area contributed by atoms with Gasteiger partial charge < -0.3 is 28.4 Å². The van der Waals surface area contributed by atoms with Crippen molar-refractivity contribution in [2.45, 2.75) is 26.1 Å². The van der Waals surface area contributed by atoms with Gasteiger partial charge in [-0.25, -0.2) is 0 Å². The molecule has 4 rings (SSSR count). The molecule has 34 heavy (non-hydrogen) atoms. The highest BCUT2D eigenvalue weighted by Gasteiger charge is 2.60. The zero-order valence-corrected chi connectivity index (χ0v) is 18.9. The molecular weight excluding hydrogens is 448 g/mol. The molecule has 0 unspecified atom stereocenters. The zero-order chi connectivity index (χ0) is 24.6. The van der Waals surface area contributed by atoms with Crippen LogP contribution in [-0.2, 0) is 28.7 Å². The molecular formula is C24H22O10. The summed E-state index contributed by atoms with van der Waals surface area (Å²) in [5.41, 5.74) is 0.989. The first-order valence-electron chi connectivity index (χ1n) is 10.4. The summed E-state index contributed by atoms with van der Waals surface area (Å²) in [4.78, 5) is 48.3. The zero-order valence-electron chi connectivity index (χ0n) is 18.9. The van der Waals surface area contributed by atoms with E-state index in [1.54, 1.807) is 24.3 Å². The highest BCUT2D eigenvalue weighted by molar-refractivity contribution is 5.90. The Morgan fingerprint density at radius 1 is 0.676 bits per heavy atom. The van der Waals surface area contributed by atoms with Crippen LogP contribution in [0, 0.1) is 11.8 Å². The largest absolute Gasteiger partial charge is 0.493 e. The minimum Gasteiger partial charge on any atom is -0.493 e. The Kier molecular flexibility index (Phi) is 6.14. The average molecular weight is 470 g/mol. The summed E-state index contributed by atoms with van der Waals surface area (Å²) in [5.74, 6) is -3.08. The van der Waals surface area contributed by atoms with Gasteiger partial charge in [0.15, 0.2) is 23.0 Å². The highest BCUT2D eigenvalue weighted by atomic mass is 16.6. The fourth-order valence-electron chi connectivity index (χ4n) is 4.22. The van der Waals surface area contributed by atoms with E-state index in [1.807, 2.05) is 0 Å². The Labute approximate surface area is 194 Å². The molecule has 2 aliphatic heterocycles. The molecule has 10 nitrogen and oxygen atoms in total. The van der Waals surface area contributed by atoms with E-state index in [0.717, 1.165) is 0 Å². The van der Waals surface area contributed by atoms with E-state index in [1.165, 1.54) is 40.2 Å². The van der Waals surface area contributed by atoms with Crippen molar-refractivity contribution in [2.75, 3.05) is 14.2 Å². The third-order valence-corrected chi connectivity index (χ3v) is 5.61. The first-order chi connectivity index (χ1) is 16.2. The van der Waals surface area contributed by atoms with Crippen molar-refractivity contribution in [1.82, 2.24) is 0 Å². The summed E-state index contributed by atoms with van der Waals surface area (Å²) >= 11 is 0. The predicted molar refractivity (Wildman–Crippen MR) is 113 cm³/mol. The number of hydrogen-bond acceptors (Lipinski definition) is 10. The maximum absolute atomic E-state index is 12.8. The molecule has 178 valence electrons. The second-order valence-electron chi connectivity index (χ2n) is 7.77. The quantitative estimate of drug-likeness (QED) is 0.460. The van der Waals surface area contributed by atoms with Crippen LogP contribution in [0.1, 0.15) is 37.2 Å². The van der Waals surface area contributed by atoms with Gasteiger partial charge in [0, 0.05) is 13.8 Å². The van der Waals surface area contributed by atoms with Crippen LogP contribution in [0.15, 0.2) is 36.4 Å². The van der Waals surface area contributed by atoms with Crippen LogP contribution in [-0.4, -0.2) is 38.1 Å². The Morgan fingerprint density at radius 2 is 1.06 bits per heavy atom. The normalized spacial score (nSPS) is 22.9. The first kappa shape index (κ1) is 23.1. The van der Waals surface area contributed by atoms with Crippen molar-refractivity contribution >= 4 is 23.9 Å². The molecule has 2 aromatic carbocycles. The minimum absolute atomic E-state index is 0.200. The molecule has 0 aromatic heterocycles. The summed E-state index contributed by atoms with van der Waals surface area (Å²) in [7, 11) is 2.81. The third-order valence-electron chi connectivity index (χ3n) is 5.61. The predicted octanol–water partition coefficient (Wildman–Crippen LogP) is 2.68. The molecule has 0 N–H and O–H groups in total. The molecule has 0 radical (unpaired) electrons. The van der Waals surface area contributed by atoms with Crippen LogP contribution in [0.25, 0.3) is 0 Å². The van der Waals surface area contributed by atoms with E-state index >= 15 is 0 Å².